The van der Waals surface area contributed by atoms with Crippen molar-refractivity contribution < 1.29 is 33.8 Å². The van der Waals surface area contributed by atoms with E-state index in [-0.39, 0.29) is 47.1 Å². The van der Waals surface area contributed by atoms with Gasteiger partial charge in [0.25, 0.3) is 0 Å². The lowest BCUT2D eigenvalue weighted by atomic mass is 9.59. The number of aromatic hydroxyl groups is 1. The summed E-state index contributed by atoms with van der Waals surface area (Å²) in [7, 11) is 2.91. The number of fused-ring (bicyclic) bond motifs is 3. The van der Waals surface area contributed by atoms with Gasteiger partial charge in [0.15, 0.2) is 11.6 Å². The fraction of sp³-hybridized carbons (Fsp3) is 0.243. The van der Waals surface area contributed by atoms with Crippen LogP contribution < -0.4 is 19.7 Å². The monoisotopic (exact) mass is 616 g/mol. The molecule has 1 saturated heterocycles. The molecule has 9 nitrogen and oxygen atoms in total. The molecule has 2 N–H and O–H groups in total. The van der Waals surface area contributed by atoms with Gasteiger partial charge in [0, 0.05) is 51.7 Å². The van der Waals surface area contributed by atoms with Crippen LogP contribution >= 0.6 is 0 Å². The third-order valence-corrected chi connectivity index (χ3v) is 9.57. The molecule has 2 amide bonds. The lowest BCUT2D eigenvalue weighted by Crippen LogP contribution is -2.40. The third kappa shape index (κ3) is 4.53. The van der Waals surface area contributed by atoms with Crippen LogP contribution in [0.1, 0.15) is 31.2 Å². The number of phenolic OH excluding ortho intramolecular Hbond substituents is 1. The molecule has 0 saturated carbocycles. The number of rotatable bonds is 6. The summed E-state index contributed by atoms with van der Waals surface area (Å²) in [5, 5.41) is 13.7. The highest BCUT2D eigenvalue weighted by Gasteiger charge is 2.57. The van der Waals surface area contributed by atoms with E-state index >= 15 is 0 Å². The van der Waals surface area contributed by atoms with Gasteiger partial charge in [0.1, 0.15) is 17.2 Å². The molecular weight excluding hydrogens is 584 g/mol. The molecule has 4 atom stereocenters. The van der Waals surface area contributed by atoms with E-state index in [0.717, 1.165) is 16.9 Å². The summed E-state index contributed by atoms with van der Waals surface area (Å²) in [5.41, 5.74) is 4.42. The van der Waals surface area contributed by atoms with Crippen LogP contribution in [0, 0.1) is 17.8 Å². The maximum Gasteiger partial charge on any atom is 0.238 e. The zero-order valence-electron chi connectivity index (χ0n) is 25.6. The number of allylic oxidation sites excluding steroid dienone is 6. The van der Waals surface area contributed by atoms with Gasteiger partial charge in [-0.1, -0.05) is 29.8 Å². The Labute approximate surface area is 265 Å². The molecule has 3 aromatic carbocycles. The van der Waals surface area contributed by atoms with Crippen molar-refractivity contribution >= 4 is 40.4 Å². The van der Waals surface area contributed by atoms with E-state index in [2.05, 4.69) is 5.32 Å². The Kier molecular flexibility index (Phi) is 7.11. The van der Waals surface area contributed by atoms with Gasteiger partial charge in [0.2, 0.25) is 11.8 Å². The Morgan fingerprint density at radius 2 is 1.50 bits per heavy atom. The van der Waals surface area contributed by atoms with Gasteiger partial charge < -0.3 is 19.9 Å². The van der Waals surface area contributed by atoms with Gasteiger partial charge in [-0.05, 0) is 68.2 Å². The number of nitrogens with zero attached hydrogens (tertiary/aromatic N) is 1. The predicted molar refractivity (Wildman–Crippen MR) is 171 cm³/mol. The SMILES string of the molecule is COc1cc(O)cc(OC)c1[C@H]1C2=CC[C@@H]3C(=O)N(c4ccc(Nc5ccccc5)cc4)C(=O)[C@@H]3[C@@H]2CC2=C1C(=O)C=C(C)C2=O. The number of ketones is 2. The molecule has 1 aliphatic heterocycles. The molecule has 1 fully saturated rings. The number of ether oxygens (including phenoxy) is 2. The van der Waals surface area contributed by atoms with E-state index < -0.39 is 23.7 Å². The summed E-state index contributed by atoms with van der Waals surface area (Å²) >= 11 is 0. The molecule has 0 bridgehead atoms. The molecule has 0 aromatic heterocycles. The van der Waals surface area contributed by atoms with Gasteiger partial charge in [-0.2, -0.15) is 0 Å². The Morgan fingerprint density at radius 1 is 0.848 bits per heavy atom. The fourth-order valence-corrected chi connectivity index (χ4v) is 7.56. The van der Waals surface area contributed by atoms with Crippen molar-refractivity contribution in [1.29, 1.82) is 0 Å². The minimum atomic E-state index is -0.777. The standard InChI is InChI=1S/C37H32N2O7/c1-19-15-28(41)32-27(35(19)42)18-26-24(33(32)34-29(45-2)16-23(40)17-30(34)46-3)13-14-25-31(26)37(44)39(36(25)43)22-11-9-21(10-12-22)38-20-7-5-4-6-8-20/h4-13,15-17,25-26,31,33,38,40H,14,18H2,1-3H3/t25-,26+,31-,33-/m0/s1. The van der Waals surface area contributed by atoms with Gasteiger partial charge in [-0.25, -0.2) is 0 Å². The molecule has 3 aliphatic carbocycles. The largest absolute Gasteiger partial charge is 0.508 e. The summed E-state index contributed by atoms with van der Waals surface area (Å²) in [5.74, 6) is -3.33. The number of carbonyl (C=O) groups excluding carboxylic acids is 4. The molecule has 46 heavy (non-hydrogen) atoms. The molecule has 1 heterocycles. The number of benzene rings is 3. The van der Waals surface area contributed by atoms with E-state index in [1.165, 1.54) is 37.3 Å². The fourth-order valence-electron chi connectivity index (χ4n) is 7.56. The summed E-state index contributed by atoms with van der Waals surface area (Å²) < 4.78 is 11.4. The Morgan fingerprint density at radius 3 is 2.15 bits per heavy atom. The lowest BCUT2D eigenvalue weighted by molar-refractivity contribution is -0.123. The first-order chi connectivity index (χ1) is 22.2. The average molecular weight is 617 g/mol. The molecule has 0 radical (unpaired) electrons. The number of hydrogen-bond donors (Lipinski definition) is 2. The van der Waals surface area contributed by atoms with E-state index in [9.17, 15) is 24.3 Å². The minimum Gasteiger partial charge on any atom is -0.508 e. The second kappa shape index (κ2) is 11.2. The number of anilines is 3. The van der Waals surface area contributed by atoms with Crippen LogP contribution in [0.5, 0.6) is 17.2 Å². The second-order valence-electron chi connectivity index (χ2n) is 12.0. The van der Waals surface area contributed by atoms with Gasteiger partial charge >= 0.3 is 0 Å². The van der Waals surface area contributed by atoms with Crippen LogP contribution in [0.25, 0.3) is 0 Å². The highest BCUT2D eigenvalue weighted by Crippen LogP contribution is 2.58. The number of methoxy groups -OCH3 is 2. The lowest BCUT2D eigenvalue weighted by Gasteiger charge is -2.42. The summed E-state index contributed by atoms with van der Waals surface area (Å²) in [4.78, 5) is 56.7. The Balaban J connectivity index is 1.29. The van der Waals surface area contributed by atoms with Crippen LogP contribution in [0.3, 0.4) is 0 Å². The second-order valence-corrected chi connectivity index (χ2v) is 12.0. The highest BCUT2D eigenvalue weighted by atomic mass is 16.5. The topological polar surface area (TPSA) is 122 Å². The number of amides is 2. The van der Waals surface area contributed by atoms with Crippen LogP contribution in [-0.2, 0) is 19.2 Å². The Bertz CT molecular complexity index is 1880. The van der Waals surface area contributed by atoms with Crippen molar-refractivity contribution in [3.63, 3.8) is 0 Å². The molecule has 0 spiro atoms. The van der Waals surface area contributed by atoms with Crippen LogP contribution in [0.2, 0.25) is 0 Å². The maximum atomic E-state index is 14.3. The predicted octanol–water partition coefficient (Wildman–Crippen LogP) is 5.79. The van der Waals surface area contributed by atoms with Crippen LogP contribution in [-0.4, -0.2) is 42.7 Å². The zero-order chi connectivity index (χ0) is 32.3. The van der Waals surface area contributed by atoms with E-state index in [1.807, 2.05) is 48.5 Å². The first kappa shape index (κ1) is 29.3. The highest BCUT2D eigenvalue weighted by molar-refractivity contribution is 6.25. The Hall–Kier alpha value is -5.44. The van der Waals surface area contributed by atoms with Gasteiger partial charge in [-0.3, -0.25) is 24.1 Å². The number of carbonyl (C=O) groups is 4. The van der Waals surface area contributed by atoms with Gasteiger partial charge in [-0.15, -0.1) is 0 Å². The minimum absolute atomic E-state index is 0.0873. The molecule has 4 aliphatic rings. The smallest absolute Gasteiger partial charge is 0.238 e. The van der Waals surface area contributed by atoms with Crippen molar-refractivity contribution in [3.8, 4) is 17.2 Å². The summed E-state index contributed by atoms with van der Waals surface area (Å²) in [6.45, 7) is 1.61. The number of phenols is 1. The van der Waals surface area contributed by atoms with Crippen molar-refractivity contribution in [3.05, 3.63) is 107 Å². The van der Waals surface area contributed by atoms with Crippen LogP contribution in [0.4, 0.5) is 17.1 Å². The number of nitrogens with one attached hydrogen (secondary N) is 1. The van der Waals surface area contributed by atoms with Gasteiger partial charge in [0.05, 0.1) is 31.7 Å². The quantitative estimate of drug-likeness (QED) is 0.203. The zero-order valence-corrected chi connectivity index (χ0v) is 25.6. The van der Waals surface area contributed by atoms with E-state index in [4.69, 9.17) is 9.47 Å². The molecular formula is C37H32N2O7. The van der Waals surface area contributed by atoms with Crippen molar-refractivity contribution in [2.24, 2.45) is 17.8 Å². The average Bonchev–Trinajstić information content (AvgIpc) is 3.32. The number of imide groups is 1. The molecule has 9 heteroatoms. The molecule has 7 rings (SSSR count). The number of para-hydroxylation sites is 1. The maximum absolute atomic E-state index is 14.3. The molecule has 232 valence electrons. The van der Waals surface area contributed by atoms with Crippen molar-refractivity contribution in [2.75, 3.05) is 24.4 Å². The first-order valence-electron chi connectivity index (χ1n) is 15.2. The van der Waals surface area contributed by atoms with E-state index in [0.29, 0.717) is 34.4 Å². The van der Waals surface area contributed by atoms with Crippen molar-refractivity contribution in [2.45, 2.75) is 25.7 Å². The normalized spacial score (nSPS) is 23.8. The summed E-state index contributed by atoms with van der Waals surface area (Å²) in [6.07, 6.45) is 3.74. The number of hydrogen-bond acceptors (Lipinski definition) is 8. The molecule has 0 unspecified atom stereocenters. The molecule has 3 aromatic rings. The van der Waals surface area contributed by atoms with Crippen LogP contribution in [0.15, 0.2) is 101 Å². The first-order valence-corrected chi connectivity index (χ1v) is 15.2. The summed E-state index contributed by atoms with van der Waals surface area (Å²) in [6, 6.07) is 19.7. The third-order valence-electron chi connectivity index (χ3n) is 9.57. The van der Waals surface area contributed by atoms with Crippen molar-refractivity contribution in [1.82, 2.24) is 0 Å². The van der Waals surface area contributed by atoms with E-state index in [1.54, 1.807) is 19.1 Å². The number of Topliss-reactive ketones (excluding diaryl/α,β-unsaturated/α-hetero) is 1.